The highest BCUT2D eigenvalue weighted by Crippen LogP contribution is 2.30. The number of carbonyl (C=O) groups excluding carboxylic acids is 2. The van der Waals surface area contributed by atoms with Crippen molar-refractivity contribution in [2.45, 2.75) is 31.9 Å². The zero-order valence-corrected chi connectivity index (χ0v) is 10.7. The number of likely N-dealkylation sites (tertiary alicyclic amines) is 1. The van der Waals surface area contributed by atoms with Gasteiger partial charge >= 0.3 is 0 Å². The lowest BCUT2D eigenvalue weighted by Crippen LogP contribution is -2.33. The third-order valence-electron chi connectivity index (χ3n) is 3.88. The maximum atomic E-state index is 12.3. The Balaban J connectivity index is 1.72. The van der Waals surface area contributed by atoms with E-state index in [1.807, 2.05) is 30.3 Å². The lowest BCUT2D eigenvalue weighted by Gasteiger charge is -2.17. The van der Waals surface area contributed by atoms with Gasteiger partial charge < -0.3 is 4.74 Å². The second-order valence-electron chi connectivity index (χ2n) is 5.17. The molecule has 0 unspecified atom stereocenters. The highest BCUT2D eigenvalue weighted by Gasteiger charge is 2.44. The number of ether oxygens (including phenoxy) is 1. The first-order chi connectivity index (χ1) is 9.25. The molecule has 2 heterocycles. The van der Waals surface area contributed by atoms with Crippen LogP contribution in [0.25, 0.3) is 0 Å². The SMILES string of the molecule is O=C1C[C@H]([C@@H]2CCCO2)C(=O)N1Cc1ccccc1. The third kappa shape index (κ3) is 2.40. The first kappa shape index (κ1) is 12.4. The van der Waals surface area contributed by atoms with E-state index in [0.29, 0.717) is 19.6 Å². The maximum Gasteiger partial charge on any atom is 0.235 e. The van der Waals surface area contributed by atoms with Gasteiger partial charge in [-0.2, -0.15) is 0 Å². The molecule has 2 fully saturated rings. The normalized spacial score (nSPS) is 27.3. The van der Waals surface area contributed by atoms with E-state index in [-0.39, 0.29) is 23.8 Å². The van der Waals surface area contributed by atoms with E-state index in [0.717, 1.165) is 18.4 Å². The van der Waals surface area contributed by atoms with Crippen molar-refractivity contribution in [2.24, 2.45) is 5.92 Å². The van der Waals surface area contributed by atoms with Crippen molar-refractivity contribution in [2.75, 3.05) is 6.61 Å². The van der Waals surface area contributed by atoms with Crippen molar-refractivity contribution in [3.8, 4) is 0 Å². The Hall–Kier alpha value is -1.68. The molecule has 1 aromatic rings. The fourth-order valence-electron chi connectivity index (χ4n) is 2.85. The van der Waals surface area contributed by atoms with Gasteiger partial charge in [-0.05, 0) is 18.4 Å². The second-order valence-corrected chi connectivity index (χ2v) is 5.17. The number of nitrogens with zero attached hydrogens (tertiary/aromatic N) is 1. The summed E-state index contributed by atoms with van der Waals surface area (Å²) in [7, 11) is 0. The van der Waals surface area contributed by atoms with Gasteiger partial charge in [0.05, 0.1) is 18.6 Å². The van der Waals surface area contributed by atoms with Gasteiger partial charge in [0, 0.05) is 13.0 Å². The van der Waals surface area contributed by atoms with Gasteiger partial charge in [0.15, 0.2) is 0 Å². The average molecular weight is 259 g/mol. The summed E-state index contributed by atoms with van der Waals surface area (Å²) < 4.78 is 5.55. The summed E-state index contributed by atoms with van der Waals surface area (Å²) in [5, 5.41) is 0. The Kier molecular flexibility index (Phi) is 3.34. The van der Waals surface area contributed by atoms with Crippen molar-refractivity contribution >= 4 is 11.8 Å². The molecule has 2 amide bonds. The fraction of sp³-hybridized carbons (Fsp3) is 0.467. The molecule has 2 atom stereocenters. The van der Waals surface area contributed by atoms with Crippen LogP contribution in [0.4, 0.5) is 0 Å². The first-order valence-electron chi connectivity index (χ1n) is 6.75. The Morgan fingerprint density at radius 2 is 2.00 bits per heavy atom. The number of hydrogen-bond donors (Lipinski definition) is 0. The van der Waals surface area contributed by atoms with Gasteiger partial charge in [-0.3, -0.25) is 14.5 Å². The summed E-state index contributed by atoms with van der Waals surface area (Å²) in [6.07, 6.45) is 2.12. The van der Waals surface area contributed by atoms with Crippen LogP contribution in [-0.2, 0) is 20.9 Å². The summed E-state index contributed by atoms with van der Waals surface area (Å²) in [6, 6.07) is 9.61. The molecule has 4 heteroatoms. The molecule has 4 nitrogen and oxygen atoms in total. The van der Waals surface area contributed by atoms with Crippen LogP contribution in [0, 0.1) is 5.92 Å². The van der Waals surface area contributed by atoms with Crippen molar-refractivity contribution in [1.29, 1.82) is 0 Å². The molecule has 0 N–H and O–H groups in total. The van der Waals surface area contributed by atoms with E-state index in [4.69, 9.17) is 4.74 Å². The highest BCUT2D eigenvalue weighted by atomic mass is 16.5. The molecule has 3 rings (SSSR count). The van der Waals surface area contributed by atoms with Crippen molar-refractivity contribution in [1.82, 2.24) is 4.90 Å². The number of carbonyl (C=O) groups is 2. The predicted molar refractivity (Wildman–Crippen MR) is 69.1 cm³/mol. The minimum absolute atomic E-state index is 0.0581. The Labute approximate surface area is 112 Å². The molecule has 0 aliphatic carbocycles. The second kappa shape index (κ2) is 5.13. The summed E-state index contributed by atoms with van der Waals surface area (Å²) in [5.74, 6) is -0.409. The van der Waals surface area contributed by atoms with E-state index in [1.165, 1.54) is 4.90 Å². The van der Waals surface area contributed by atoms with Crippen LogP contribution in [0.2, 0.25) is 0 Å². The van der Waals surface area contributed by atoms with Crippen LogP contribution in [0.3, 0.4) is 0 Å². The molecule has 1 aromatic carbocycles. The van der Waals surface area contributed by atoms with Gasteiger partial charge in [0.1, 0.15) is 0 Å². The van der Waals surface area contributed by atoms with Gasteiger partial charge in [0.25, 0.3) is 0 Å². The largest absolute Gasteiger partial charge is 0.377 e. The molecule has 0 aromatic heterocycles. The average Bonchev–Trinajstić information content (AvgIpc) is 3.03. The van der Waals surface area contributed by atoms with Gasteiger partial charge in [-0.15, -0.1) is 0 Å². The molecule has 100 valence electrons. The quantitative estimate of drug-likeness (QED) is 0.777. The van der Waals surface area contributed by atoms with Gasteiger partial charge in [-0.25, -0.2) is 0 Å². The predicted octanol–water partition coefficient (Wildman–Crippen LogP) is 1.74. The number of amides is 2. The Morgan fingerprint density at radius 1 is 1.21 bits per heavy atom. The van der Waals surface area contributed by atoms with Crippen LogP contribution >= 0.6 is 0 Å². The zero-order chi connectivity index (χ0) is 13.2. The molecule has 2 aliphatic heterocycles. The summed E-state index contributed by atoms with van der Waals surface area (Å²) in [5.41, 5.74) is 0.984. The fourth-order valence-corrected chi connectivity index (χ4v) is 2.85. The first-order valence-corrected chi connectivity index (χ1v) is 6.75. The number of hydrogen-bond acceptors (Lipinski definition) is 3. The summed E-state index contributed by atoms with van der Waals surface area (Å²) >= 11 is 0. The maximum absolute atomic E-state index is 12.3. The molecule has 0 spiro atoms. The summed E-state index contributed by atoms with van der Waals surface area (Å²) in [6.45, 7) is 1.09. The molecule has 0 bridgehead atoms. The molecule has 2 aliphatic rings. The molecular formula is C15H17NO3. The lowest BCUT2D eigenvalue weighted by atomic mass is 9.98. The molecule has 0 saturated carbocycles. The highest BCUT2D eigenvalue weighted by molar-refractivity contribution is 6.03. The Bertz CT molecular complexity index is 479. The molecule has 0 radical (unpaired) electrons. The smallest absolute Gasteiger partial charge is 0.235 e. The topological polar surface area (TPSA) is 46.6 Å². The van der Waals surface area contributed by atoms with Crippen molar-refractivity contribution in [3.05, 3.63) is 35.9 Å². The number of rotatable bonds is 3. The van der Waals surface area contributed by atoms with Gasteiger partial charge in [-0.1, -0.05) is 30.3 Å². The molecular weight excluding hydrogens is 242 g/mol. The monoisotopic (exact) mass is 259 g/mol. The Morgan fingerprint density at radius 3 is 2.68 bits per heavy atom. The van der Waals surface area contributed by atoms with Crippen molar-refractivity contribution in [3.63, 3.8) is 0 Å². The lowest BCUT2D eigenvalue weighted by molar-refractivity contribution is -0.141. The molecule has 19 heavy (non-hydrogen) atoms. The molecule has 2 saturated heterocycles. The number of imide groups is 1. The van der Waals surface area contributed by atoms with Crippen LogP contribution in [-0.4, -0.2) is 29.4 Å². The van der Waals surface area contributed by atoms with Crippen LogP contribution in [0.1, 0.15) is 24.8 Å². The minimum atomic E-state index is -0.265. The minimum Gasteiger partial charge on any atom is -0.377 e. The summed E-state index contributed by atoms with van der Waals surface area (Å²) in [4.78, 5) is 25.7. The third-order valence-corrected chi connectivity index (χ3v) is 3.88. The van der Waals surface area contributed by atoms with E-state index in [2.05, 4.69) is 0 Å². The van der Waals surface area contributed by atoms with Crippen LogP contribution in [0.5, 0.6) is 0 Å². The van der Waals surface area contributed by atoms with Crippen LogP contribution in [0.15, 0.2) is 30.3 Å². The van der Waals surface area contributed by atoms with Crippen LogP contribution < -0.4 is 0 Å². The van der Waals surface area contributed by atoms with E-state index >= 15 is 0 Å². The van der Waals surface area contributed by atoms with E-state index < -0.39 is 0 Å². The standard InChI is InChI=1S/C15H17NO3/c17-14-9-12(13-7-4-8-19-13)15(18)16(14)10-11-5-2-1-3-6-11/h1-3,5-6,12-13H,4,7-10H2/t12-,13+/m1/s1. The van der Waals surface area contributed by atoms with Gasteiger partial charge in [0.2, 0.25) is 11.8 Å². The van der Waals surface area contributed by atoms with Crippen molar-refractivity contribution < 1.29 is 14.3 Å². The number of benzene rings is 1. The zero-order valence-electron chi connectivity index (χ0n) is 10.7. The van der Waals surface area contributed by atoms with E-state index in [9.17, 15) is 9.59 Å². The van der Waals surface area contributed by atoms with E-state index in [1.54, 1.807) is 0 Å².